The Morgan fingerprint density at radius 3 is 3.00 bits per heavy atom. The van der Waals surface area contributed by atoms with Crippen LogP contribution in [0.15, 0.2) is 18.2 Å². The molecule has 4 heteroatoms. The van der Waals surface area contributed by atoms with Gasteiger partial charge < -0.3 is 10.2 Å². The molecule has 2 rings (SSSR count). The lowest BCUT2D eigenvalue weighted by Gasteiger charge is -2.28. The van der Waals surface area contributed by atoms with Gasteiger partial charge in [0, 0.05) is 22.6 Å². The third-order valence-corrected chi connectivity index (χ3v) is 3.57. The van der Waals surface area contributed by atoms with E-state index in [4.69, 9.17) is 0 Å². The molecule has 1 aromatic rings. The van der Waals surface area contributed by atoms with Gasteiger partial charge in [0.15, 0.2) is 0 Å². The van der Waals surface area contributed by atoms with Crippen molar-refractivity contribution in [3.05, 3.63) is 21.8 Å². The van der Waals surface area contributed by atoms with E-state index in [2.05, 4.69) is 58.8 Å². The van der Waals surface area contributed by atoms with Gasteiger partial charge in [-0.25, -0.2) is 0 Å². The number of halogens is 1. The molecule has 0 spiro atoms. The number of fused-ring (bicyclic) bond motifs is 1. The first kappa shape index (κ1) is 11.7. The van der Waals surface area contributed by atoms with E-state index in [0.717, 1.165) is 21.5 Å². The summed E-state index contributed by atoms with van der Waals surface area (Å²) >= 11 is 2.26. The summed E-state index contributed by atoms with van der Waals surface area (Å²) < 4.78 is 1.14. The van der Waals surface area contributed by atoms with Crippen LogP contribution >= 0.6 is 22.6 Å². The minimum Gasteiger partial charge on any atom is -0.367 e. The highest BCUT2D eigenvalue weighted by Crippen LogP contribution is 2.32. The number of benzene rings is 1. The number of nitrogens with zero attached hydrogens (tertiary/aromatic N) is 1. The zero-order valence-electron chi connectivity index (χ0n) is 9.46. The maximum absolute atomic E-state index is 11.7. The first-order chi connectivity index (χ1) is 7.61. The highest BCUT2D eigenvalue weighted by atomic mass is 127. The minimum atomic E-state index is 0.103. The van der Waals surface area contributed by atoms with Crippen molar-refractivity contribution in [1.29, 1.82) is 0 Å². The fourth-order valence-electron chi connectivity index (χ4n) is 2.16. The van der Waals surface area contributed by atoms with Gasteiger partial charge >= 0.3 is 0 Å². The monoisotopic (exact) mass is 330 g/mol. The molecule has 0 fully saturated rings. The molecule has 0 aromatic heterocycles. The number of nitrogens with one attached hydrogen (secondary N) is 1. The summed E-state index contributed by atoms with van der Waals surface area (Å²) in [5, 5.41) is 2.97. The number of amides is 1. The third-order valence-electron chi connectivity index (χ3n) is 2.90. The molecule has 1 amide bonds. The average Bonchev–Trinajstić information content (AvgIpc) is 2.32. The number of carbonyl (C=O) groups excluding carboxylic acids is 1. The fourth-order valence-corrected chi connectivity index (χ4v) is 2.65. The van der Waals surface area contributed by atoms with Crippen molar-refractivity contribution in [3.8, 4) is 0 Å². The van der Waals surface area contributed by atoms with Gasteiger partial charge in [0.25, 0.3) is 0 Å². The second-order valence-electron chi connectivity index (χ2n) is 4.05. The number of hydrogen-bond donors (Lipinski definition) is 1. The molecule has 0 bridgehead atoms. The highest BCUT2D eigenvalue weighted by molar-refractivity contribution is 14.1. The Morgan fingerprint density at radius 2 is 2.31 bits per heavy atom. The summed E-state index contributed by atoms with van der Waals surface area (Å²) in [6, 6.07) is 6.44. The Bertz CT molecular complexity index is 419. The van der Waals surface area contributed by atoms with E-state index in [1.54, 1.807) is 0 Å². The molecule has 1 aliphatic heterocycles. The molecule has 1 aliphatic rings. The molecule has 1 heterocycles. The van der Waals surface area contributed by atoms with E-state index in [1.807, 2.05) is 6.07 Å². The Hall–Kier alpha value is -0.780. The molecular formula is C12H15IN2O. The van der Waals surface area contributed by atoms with Gasteiger partial charge in [0.2, 0.25) is 5.91 Å². The summed E-state index contributed by atoms with van der Waals surface area (Å²) in [4.78, 5) is 14.0. The molecule has 1 atom stereocenters. The van der Waals surface area contributed by atoms with Crippen LogP contribution in [0, 0.1) is 3.57 Å². The lowest BCUT2D eigenvalue weighted by Crippen LogP contribution is -2.33. The first-order valence-corrected chi connectivity index (χ1v) is 6.55. The van der Waals surface area contributed by atoms with E-state index in [1.165, 1.54) is 0 Å². The van der Waals surface area contributed by atoms with Crippen molar-refractivity contribution in [3.63, 3.8) is 0 Å². The van der Waals surface area contributed by atoms with Gasteiger partial charge in [-0.05, 0) is 54.6 Å². The standard InChI is InChI=1S/C12H15IN2O/c1-3-15-8(2)6-12(16)14-10-7-9(13)4-5-11(10)15/h4-5,7-8H,3,6H2,1-2H3,(H,14,16). The smallest absolute Gasteiger partial charge is 0.226 e. The molecule has 0 radical (unpaired) electrons. The number of hydrogen-bond acceptors (Lipinski definition) is 2. The SMILES string of the molecule is CCN1c2ccc(I)cc2NC(=O)CC1C. The van der Waals surface area contributed by atoms with E-state index < -0.39 is 0 Å². The van der Waals surface area contributed by atoms with Crippen molar-refractivity contribution >= 4 is 39.9 Å². The number of carbonyl (C=O) groups is 1. The maximum Gasteiger partial charge on any atom is 0.226 e. The van der Waals surface area contributed by atoms with Crippen LogP contribution in [-0.2, 0) is 4.79 Å². The largest absolute Gasteiger partial charge is 0.367 e. The third kappa shape index (κ3) is 2.16. The van der Waals surface area contributed by atoms with Gasteiger partial charge in [-0.15, -0.1) is 0 Å². The molecule has 3 nitrogen and oxygen atoms in total. The van der Waals surface area contributed by atoms with Crippen molar-refractivity contribution < 1.29 is 4.79 Å². The van der Waals surface area contributed by atoms with Crippen molar-refractivity contribution in [1.82, 2.24) is 0 Å². The van der Waals surface area contributed by atoms with Gasteiger partial charge in [-0.2, -0.15) is 0 Å². The molecular weight excluding hydrogens is 315 g/mol. The maximum atomic E-state index is 11.7. The van der Waals surface area contributed by atoms with Crippen LogP contribution in [0.1, 0.15) is 20.3 Å². The van der Waals surface area contributed by atoms with Crippen LogP contribution in [-0.4, -0.2) is 18.5 Å². The highest BCUT2D eigenvalue weighted by Gasteiger charge is 2.23. The van der Waals surface area contributed by atoms with Crippen molar-refractivity contribution in [2.24, 2.45) is 0 Å². The van der Waals surface area contributed by atoms with Gasteiger partial charge in [-0.1, -0.05) is 0 Å². The zero-order valence-corrected chi connectivity index (χ0v) is 11.6. The van der Waals surface area contributed by atoms with E-state index in [0.29, 0.717) is 6.42 Å². The van der Waals surface area contributed by atoms with Crippen LogP contribution in [0.4, 0.5) is 11.4 Å². The predicted octanol–water partition coefficient (Wildman–Crippen LogP) is 2.85. The van der Waals surface area contributed by atoms with E-state index >= 15 is 0 Å². The molecule has 86 valence electrons. The second-order valence-corrected chi connectivity index (χ2v) is 5.29. The molecule has 16 heavy (non-hydrogen) atoms. The number of anilines is 2. The van der Waals surface area contributed by atoms with Crippen LogP contribution in [0.5, 0.6) is 0 Å². The van der Waals surface area contributed by atoms with Crippen LogP contribution in [0.2, 0.25) is 0 Å². The first-order valence-electron chi connectivity index (χ1n) is 5.48. The van der Waals surface area contributed by atoms with Crippen LogP contribution in [0.25, 0.3) is 0 Å². The molecule has 0 aliphatic carbocycles. The zero-order chi connectivity index (χ0) is 11.7. The quantitative estimate of drug-likeness (QED) is 0.803. The second kappa shape index (κ2) is 4.61. The van der Waals surface area contributed by atoms with E-state index in [9.17, 15) is 4.79 Å². The summed E-state index contributed by atoms with van der Waals surface area (Å²) in [6.07, 6.45) is 0.555. The van der Waals surface area contributed by atoms with Gasteiger partial charge in [0.1, 0.15) is 0 Å². The van der Waals surface area contributed by atoms with Crippen molar-refractivity contribution in [2.75, 3.05) is 16.8 Å². The Balaban J connectivity index is 2.49. The molecule has 1 N–H and O–H groups in total. The molecule has 1 aromatic carbocycles. The Morgan fingerprint density at radius 1 is 1.56 bits per heavy atom. The molecule has 1 unspecified atom stereocenters. The van der Waals surface area contributed by atoms with Crippen LogP contribution < -0.4 is 10.2 Å². The lowest BCUT2D eigenvalue weighted by molar-refractivity contribution is -0.116. The summed E-state index contributed by atoms with van der Waals surface area (Å²) in [6.45, 7) is 5.13. The van der Waals surface area contributed by atoms with Gasteiger partial charge in [-0.3, -0.25) is 4.79 Å². The van der Waals surface area contributed by atoms with Crippen LogP contribution in [0.3, 0.4) is 0 Å². The summed E-state index contributed by atoms with van der Waals surface area (Å²) in [5.41, 5.74) is 2.06. The Kier molecular flexibility index (Phi) is 3.37. The lowest BCUT2D eigenvalue weighted by atomic mass is 10.2. The Labute approximate surface area is 109 Å². The molecule has 0 saturated carbocycles. The molecule has 0 saturated heterocycles. The summed E-state index contributed by atoms with van der Waals surface area (Å²) in [5.74, 6) is 0.103. The van der Waals surface area contributed by atoms with E-state index in [-0.39, 0.29) is 11.9 Å². The average molecular weight is 330 g/mol. The minimum absolute atomic E-state index is 0.103. The summed E-state index contributed by atoms with van der Waals surface area (Å²) in [7, 11) is 0. The number of rotatable bonds is 1. The van der Waals surface area contributed by atoms with Crippen molar-refractivity contribution in [2.45, 2.75) is 26.3 Å². The normalized spacial score (nSPS) is 20.1. The van der Waals surface area contributed by atoms with Gasteiger partial charge in [0.05, 0.1) is 11.4 Å². The fraction of sp³-hybridized carbons (Fsp3) is 0.417. The topological polar surface area (TPSA) is 32.3 Å². The predicted molar refractivity (Wildman–Crippen MR) is 74.9 cm³/mol.